The van der Waals surface area contributed by atoms with E-state index in [0.717, 1.165) is 4.57 Å². The number of rotatable bonds is 5. The second-order valence-electron chi connectivity index (χ2n) is 6.81. The quantitative estimate of drug-likeness (QED) is 0.512. The van der Waals surface area contributed by atoms with Crippen LogP contribution in [0.2, 0.25) is 0 Å². The van der Waals surface area contributed by atoms with Crippen LogP contribution in [0.3, 0.4) is 0 Å². The smallest absolute Gasteiger partial charge is 0.335 e. The predicted octanol–water partition coefficient (Wildman–Crippen LogP) is 2.80. The van der Waals surface area contributed by atoms with Crippen LogP contribution in [0.4, 0.5) is 4.39 Å². The van der Waals surface area contributed by atoms with Gasteiger partial charge in [0.15, 0.2) is 0 Å². The third-order valence-corrected chi connectivity index (χ3v) is 4.78. The Kier molecular flexibility index (Phi) is 5.08. The number of aromatic amines is 1. The van der Waals surface area contributed by atoms with E-state index in [-0.39, 0.29) is 34.5 Å². The number of nitrogens with one attached hydrogen (secondary N) is 1. The first-order valence-electron chi connectivity index (χ1n) is 9.21. The lowest BCUT2D eigenvalue weighted by atomic mass is 10.1. The van der Waals surface area contributed by atoms with Crippen molar-refractivity contribution in [1.29, 1.82) is 0 Å². The van der Waals surface area contributed by atoms with Gasteiger partial charge in [0, 0.05) is 12.3 Å². The molecule has 0 amide bonds. The van der Waals surface area contributed by atoms with E-state index in [1.165, 1.54) is 42.6 Å². The minimum atomic E-state index is -1.17. The average Bonchev–Trinajstić information content (AvgIpc) is 2.74. The molecule has 0 saturated heterocycles. The molecule has 4 rings (SSSR count). The maximum absolute atomic E-state index is 13.8. The van der Waals surface area contributed by atoms with Crippen molar-refractivity contribution in [1.82, 2.24) is 14.5 Å². The van der Waals surface area contributed by atoms with Gasteiger partial charge in [-0.15, -0.1) is 0 Å². The second kappa shape index (κ2) is 7.86. The second-order valence-corrected chi connectivity index (χ2v) is 6.81. The lowest BCUT2D eigenvalue weighted by molar-refractivity contribution is 0.0697. The van der Waals surface area contributed by atoms with Crippen LogP contribution in [0.25, 0.3) is 16.6 Å². The van der Waals surface area contributed by atoms with E-state index in [1.54, 1.807) is 19.1 Å². The Morgan fingerprint density at radius 1 is 1.19 bits per heavy atom. The molecule has 0 spiro atoms. The van der Waals surface area contributed by atoms with Crippen molar-refractivity contribution in [3.05, 3.63) is 98.2 Å². The van der Waals surface area contributed by atoms with E-state index < -0.39 is 23.0 Å². The van der Waals surface area contributed by atoms with Crippen LogP contribution in [-0.2, 0) is 6.61 Å². The monoisotopic (exact) mass is 421 g/mol. The molecule has 2 heterocycles. The average molecular weight is 421 g/mol. The van der Waals surface area contributed by atoms with Crippen LogP contribution in [0.5, 0.6) is 5.75 Å². The Labute approximate surface area is 174 Å². The Morgan fingerprint density at radius 3 is 2.74 bits per heavy atom. The molecule has 0 unspecified atom stereocenters. The molecule has 0 fully saturated rings. The number of hydrogen-bond donors (Lipinski definition) is 2. The Bertz CT molecular complexity index is 1440. The summed E-state index contributed by atoms with van der Waals surface area (Å²) >= 11 is 0. The van der Waals surface area contributed by atoms with Crippen LogP contribution in [0.1, 0.15) is 21.6 Å². The summed E-state index contributed by atoms with van der Waals surface area (Å²) in [6.07, 6.45) is 1.45. The van der Waals surface area contributed by atoms with Crippen LogP contribution in [-0.4, -0.2) is 25.6 Å². The molecular formula is C22H16FN3O5. The molecular weight excluding hydrogens is 405 g/mol. The van der Waals surface area contributed by atoms with E-state index in [9.17, 15) is 18.8 Å². The summed E-state index contributed by atoms with van der Waals surface area (Å²) in [5.41, 5.74) is -0.210. The zero-order valence-electron chi connectivity index (χ0n) is 16.3. The fourth-order valence-corrected chi connectivity index (χ4v) is 3.17. The maximum Gasteiger partial charge on any atom is 0.335 e. The number of nitrogens with zero attached hydrogens (tertiary/aromatic N) is 2. The lowest BCUT2D eigenvalue weighted by Gasteiger charge is -2.12. The summed E-state index contributed by atoms with van der Waals surface area (Å²) in [7, 11) is 0. The van der Waals surface area contributed by atoms with Gasteiger partial charge in [0.2, 0.25) is 0 Å². The molecule has 0 saturated carbocycles. The molecule has 0 radical (unpaired) electrons. The van der Waals surface area contributed by atoms with Gasteiger partial charge in [-0.2, -0.15) is 0 Å². The largest absolute Gasteiger partial charge is 0.487 e. The first-order chi connectivity index (χ1) is 14.8. The molecule has 156 valence electrons. The predicted molar refractivity (Wildman–Crippen MR) is 110 cm³/mol. The molecule has 0 aliphatic rings. The van der Waals surface area contributed by atoms with Crippen molar-refractivity contribution in [2.45, 2.75) is 13.5 Å². The molecule has 9 heteroatoms. The number of aromatic carboxylic acids is 1. The van der Waals surface area contributed by atoms with Crippen molar-refractivity contribution in [3.8, 4) is 11.4 Å². The Morgan fingerprint density at radius 2 is 2.00 bits per heavy atom. The molecule has 2 aromatic carbocycles. The van der Waals surface area contributed by atoms with Gasteiger partial charge in [-0.1, -0.05) is 6.07 Å². The molecule has 2 aromatic heterocycles. The molecule has 4 aromatic rings. The van der Waals surface area contributed by atoms with Crippen molar-refractivity contribution in [2.24, 2.45) is 0 Å². The van der Waals surface area contributed by atoms with Crippen LogP contribution < -0.4 is 16.0 Å². The number of aromatic nitrogens is 3. The number of halogens is 1. The molecule has 0 aliphatic heterocycles. The van der Waals surface area contributed by atoms with Crippen molar-refractivity contribution < 1.29 is 19.0 Å². The topological polar surface area (TPSA) is 114 Å². The molecule has 31 heavy (non-hydrogen) atoms. The molecule has 0 atom stereocenters. The molecule has 2 N–H and O–H groups in total. The normalized spacial score (nSPS) is 10.9. The van der Waals surface area contributed by atoms with Gasteiger partial charge in [-0.05, 0) is 48.9 Å². The lowest BCUT2D eigenvalue weighted by Crippen LogP contribution is -2.34. The number of carbonyl (C=O) groups is 1. The number of ether oxygens (including phenoxy) is 1. The van der Waals surface area contributed by atoms with E-state index in [4.69, 9.17) is 9.84 Å². The number of H-pyrrole nitrogens is 1. The zero-order valence-corrected chi connectivity index (χ0v) is 16.3. The van der Waals surface area contributed by atoms with Crippen LogP contribution in [0.15, 0.2) is 64.3 Å². The highest BCUT2D eigenvalue weighted by molar-refractivity contribution is 5.92. The molecule has 0 aliphatic carbocycles. The van der Waals surface area contributed by atoms with Gasteiger partial charge in [-0.3, -0.25) is 9.78 Å². The number of hydrogen-bond acceptors (Lipinski definition) is 5. The van der Waals surface area contributed by atoms with Crippen molar-refractivity contribution in [3.63, 3.8) is 0 Å². The van der Waals surface area contributed by atoms with E-state index in [1.807, 2.05) is 0 Å². The number of benzene rings is 2. The van der Waals surface area contributed by atoms with E-state index in [0.29, 0.717) is 11.3 Å². The number of carboxylic acid groups (broad SMARTS) is 1. The third kappa shape index (κ3) is 3.80. The van der Waals surface area contributed by atoms with E-state index in [2.05, 4.69) is 9.97 Å². The summed E-state index contributed by atoms with van der Waals surface area (Å²) in [5, 5.41) is 9.27. The SMILES string of the molecule is Cc1ccc(OCc2ncccc2F)cc1-n1c(=O)[nH]c2cc(C(=O)O)ccc2c1=O. The first kappa shape index (κ1) is 20.0. The van der Waals surface area contributed by atoms with Gasteiger partial charge in [-0.25, -0.2) is 18.5 Å². The summed E-state index contributed by atoms with van der Waals surface area (Å²) in [5.74, 6) is -1.35. The van der Waals surface area contributed by atoms with Crippen molar-refractivity contribution >= 4 is 16.9 Å². The Hall–Kier alpha value is -4.27. The molecule has 0 bridgehead atoms. The van der Waals surface area contributed by atoms with Gasteiger partial charge in [0.25, 0.3) is 5.56 Å². The summed E-state index contributed by atoms with van der Waals surface area (Å²) in [4.78, 5) is 43.3. The highest BCUT2D eigenvalue weighted by Gasteiger charge is 2.14. The minimum Gasteiger partial charge on any atom is -0.487 e. The number of carboxylic acids is 1. The zero-order chi connectivity index (χ0) is 22.1. The Balaban J connectivity index is 1.77. The highest BCUT2D eigenvalue weighted by atomic mass is 19.1. The number of pyridine rings is 1. The summed E-state index contributed by atoms with van der Waals surface area (Å²) < 4.78 is 20.3. The number of aryl methyl sites for hydroxylation is 1. The first-order valence-corrected chi connectivity index (χ1v) is 9.21. The van der Waals surface area contributed by atoms with Gasteiger partial charge in [0.05, 0.1) is 22.2 Å². The van der Waals surface area contributed by atoms with Gasteiger partial charge >= 0.3 is 11.7 Å². The van der Waals surface area contributed by atoms with Crippen LogP contribution >= 0.6 is 0 Å². The molecule has 8 nitrogen and oxygen atoms in total. The number of fused-ring (bicyclic) bond motifs is 1. The summed E-state index contributed by atoms with van der Waals surface area (Å²) in [6.45, 7) is 1.59. The summed E-state index contributed by atoms with van der Waals surface area (Å²) in [6, 6.07) is 11.4. The highest BCUT2D eigenvalue weighted by Crippen LogP contribution is 2.21. The van der Waals surface area contributed by atoms with Gasteiger partial charge < -0.3 is 14.8 Å². The van der Waals surface area contributed by atoms with Gasteiger partial charge in [0.1, 0.15) is 23.9 Å². The van der Waals surface area contributed by atoms with E-state index >= 15 is 0 Å². The fourth-order valence-electron chi connectivity index (χ4n) is 3.17. The maximum atomic E-state index is 13.8. The van der Waals surface area contributed by atoms with Crippen molar-refractivity contribution in [2.75, 3.05) is 0 Å². The standard InChI is InChI=1S/C22H16FN3O5/c1-12-4-6-14(31-11-18-16(23)3-2-8-24-18)10-19(12)26-20(27)15-7-5-13(21(28)29)9-17(15)25-22(26)30/h2-10H,11H2,1H3,(H,25,30)(H,28,29). The van der Waals surface area contributed by atoms with Crippen LogP contribution in [0, 0.1) is 12.7 Å². The minimum absolute atomic E-state index is 0.0476. The third-order valence-electron chi connectivity index (χ3n) is 4.78. The fraction of sp³-hybridized carbons (Fsp3) is 0.0909.